The molecule has 2 heterocycles. The number of carbonyl (C=O) groups excluding carboxylic acids is 1. The first-order valence-electron chi connectivity index (χ1n) is 8.20. The largest absolute Gasteiger partial charge is 0.440 e. The molecular weight excluding hydrogens is 320 g/mol. The van der Waals surface area contributed by atoms with Crippen LogP contribution >= 0.6 is 0 Å². The van der Waals surface area contributed by atoms with E-state index in [9.17, 15) is 9.59 Å². The molecule has 3 aromatic rings. The number of aromatic nitrogens is 3. The number of hydrogen-bond acceptors (Lipinski definition) is 5. The summed E-state index contributed by atoms with van der Waals surface area (Å²) in [4.78, 5) is 29.4. The summed E-state index contributed by atoms with van der Waals surface area (Å²) >= 11 is 0. The lowest BCUT2D eigenvalue weighted by atomic mass is 10.1. The molecule has 0 radical (unpaired) electrons. The first kappa shape index (κ1) is 15.6. The van der Waals surface area contributed by atoms with Crippen LogP contribution in [-0.2, 0) is 7.05 Å². The lowest BCUT2D eigenvalue weighted by Gasteiger charge is -2.10. The molecule has 1 fully saturated rings. The standard InChI is InChI=1S/C18H18N4O3/c1-9-10(2)21-22(3)18(24)15(9)16(23)19-12-6-7-13-14(8-12)25-17(20-13)11-4-5-11/h6-8,11H,4-5H2,1-3H3,(H,19,23). The highest BCUT2D eigenvalue weighted by Gasteiger charge is 2.29. The quantitative estimate of drug-likeness (QED) is 0.793. The number of nitrogens with zero attached hydrogens (tertiary/aromatic N) is 3. The van der Waals surface area contributed by atoms with E-state index in [0.717, 1.165) is 24.2 Å². The van der Waals surface area contributed by atoms with Gasteiger partial charge in [-0.1, -0.05) is 0 Å². The Balaban J connectivity index is 1.67. The van der Waals surface area contributed by atoms with Crippen LogP contribution in [0.4, 0.5) is 5.69 Å². The highest BCUT2D eigenvalue weighted by Crippen LogP contribution is 2.40. The summed E-state index contributed by atoms with van der Waals surface area (Å²) < 4.78 is 6.95. The Morgan fingerprint density at radius 1 is 1.32 bits per heavy atom. The monoisotopic (exact) mass is 338 g/mol. The lowest BCUT2D eigenvalue weighted by Crippen LogP contribution is -2.31. The molecule has 128 valence electrons. The number of oxazole rings is 1. The molecule has 1 saturated carbocycles. The topological polar surface area (TPSA) is 90.0 Å². The molecule has 2 aromatic heterocycles. The Bertz CT molecular complexity index is 1060. The number of hydrogen-bond donors (Lipinski definition) is 1. The van der Waals surface area contributed by atoms with Crippen molar-refractivity contribution in [3.8, 4) is 0 Å². The van der Waals surface area contributed by atoms with Crippen molar-refractivity contribution >= 4 is 22.7 Å². The number of rotatable bonds is 3. The fourth-order valence-electron chi connectivity index (χ4n) is 2.83. The fraction of sp³-hybridized carbons (Fsp3) is 0.333. The Labute approximate surface area is 143 Å². The molecule has 4 rings (SSSR count). The molecule has 1 aliphatic rings. The number of amides is 1. The third-order valence-electron chi connectivity index (χ3n) is 4.54. The zero-order valence-corrected chi connectivity index (χ0v) is 14.3. The summed E-state index contributed by atoms with van der Waals surface area (Å²) in [6.45, 7) is 3.49. The normalized spacial score (nSPS) is 14.0. The van der Waals surface area contributed by atoms with Crippen molar-refractivity contribution in [1.29, 1.82) is 0 Å². The van der Waals surface area contributed by atoms with E-state index in [1.165, 1.54) is 11.7 Å². The third kappa shape index (κ3) is 2.71. The Kier molecular flexibility index (Phi) is 3.45. The van der Waals surface area contributed by atoms with Crippen LogP contribution in [-0.4, -0.2) is 20.7 Å². The average Bonchev–Trinajstić information content (AvgIpc) is 3.33. The molecule has 1 aromatic carbocycles. The summed E-state index contributed by atoms with van der Waals surface area (Å²) in [5.41, 5.74) is 2.88. The van der Waals surface area contributed by atoms with Gasteiger partial charge >= 0.3 is 0 Å². The maximum atomic E-state index is 12.6. The zero-order valence-electron chi connectivity index (χ0n) is 14.3. The third-order valence-corrected chi connectivity index (χ3v) is 4.54. The second-order valence-corrected chi connectivity index (χ2v) is 6.48. The van der Waals surface area contributed by atoms with Gasteiger partial charge in [0, 0.05) is 24.7 Å². The number of fused-ring (bicyclic) bond motifs is 1. The van der Waals surface area contributed by atoms with Gasteiger partial charge in [0.15, 0.2) is 11.5 Å². The number of aryl methyl sites for hydroxylation is 2. The fourth-order valence-corrected chi connectivity index (χ4v) is 2.83. The van der Waals surface area contributed by atoms with Gasteiger partial charge in [-0.2, -0.15) is 5.10 Å². The minimum absolute atomic E-state index is 0.103. The second-order valence-electron chi connectivity index (χ2n) is 6.48. The molecule has 0 atom stereocenters. The summed E-state index contributed by atoms with van der Waals surface area (Å²) in [5, 5.41) is 6.86. The first-order chi connectivity index (χ1) is 11.9. The lowest BCUT2D eigenvalue weighted by molar-refractivity contribution is 0.102. The van der Waals surface area contributed by atoms with Crippen molar-refractivity contribution < 1.29 is 9.21 Å². The minimum atomic E-state index is -0.454. The number of carbonyl (C=O) groups is 1. The summed E-state index contributed by atoms with van der Waals surface area (Å²) in [7, 11) is 1.53. The van der Waals surface area contributed by atoms with Crippen molar-refractivity contribution in [2.24, 2.45) is 7.05 Å². The predicted molar refractivity (Wildman–Crippen MR) is 92.9 cm³/mol. The summed E-state index contributed by atoms with van der Waals surface area (Å²) in [6, 6.07) is 5.30. The maximum Gasteiger partial charge on any atom is 0.279 e. The van der Waals surface area contributed by atoms with Gasteiger partial charge in [-0.05, 0) is 44.4 Å². The Hall–Kier alpha value is -2.96. The van der Waals surface area contributed by atoms with Crippen molar-refractivity contribution in [3.05, 3.63) is 51.3 Å². The minimum Gasteiger partial charge on any atom is -0.440 e. The molecular formula is C18H18N4O3. The molecule has 0 saturated heterocycles. The van der Waals surface area contributed by atoms with Crippen molar-refractivity contribution in [2.45, 2.75) is 32.6 Å². The number of benzene rings is 1. The SMILES string of the molecule is Cc1nn(C)c(=O)c(C(=O)Nc2ccc3nc(C4CC4)oc3c2)c1C. The highest BCUT2D eigenvalue weighted by atomic mass is 16.3. The van der Waals surface area contributed by atoms with Crippen LogP contribution in [0.5, 0.6) is 0 Å². The van der Waals surface area contributed by atoms with Gasteiger partial charge in [0.25, 0.3) is 11.5 Å². The summed E-state index contributed by atoms with van der Waals surface area (Å²) in [6.07, 6.45) is 2.22. The van der Waals surface area contributed by atoms with Crippen LogP contribution in [0, 0.1) is 13.8 Å². The molecule has 0 spiro atoms. The van der Waals surface area contributed by atoms with E-state index < -0.39 is 11.5 Å². The highest BCUT2D eigenvalue weighted by molar-refractivity contribution is 6.05. The van der Waals surface area contributed by atoms with Gasteiger partial charge in [0.1, 0.15) is 11.1 Å². The van der Waals surface area contributed by atoms with E-state index in [1.807, 2.05) is 6.07 Å². The molecule has 0 aliphatic heterocycles. The van der Waals surface area contributed by atoms with E-state index in [0.29, 0.717) is 28.4 Å². The van der Waals surface area contributed by atoms with Crippen molar-refractivity contribution in [3.63, 3.8) is 0 Å². The van der Waals surface area contributed by atoms with Gasteiger partial charge in [-0.15, -0.1) is 0 Å². The van der Waals surface area contributed by atoms with Crippen LogP contribution in [0.15, 0.2) is 27.4 Å². The molecule has 1 N–H and O–H groups in total. The van der Waals surface area contributed by atoms with Gasteiger partial charge in [-0.25, -0.2) is 9.67 Å². The second kappa shape index (κ2) is 5.54. The van der Waals surface area contributed by atoms with E-state index in [1.54, 1.807) is 26.0 Å². The van der Waals surface area contributed by atoms with Crippen LogP contribution in [0.3, 0.4) is 0 Å². The summed E-state index contributed by atoms with van der Waals surface area (Å²) in [5.74, 6) is 0.730. The van der Waals surface area contributed by atoms with Gasteiger partial charge < -0.3 is 9.73 Å². The van der Waals surface area contributed by atoms with Gasteiger partial charge in [0.2, 0.25) is 0 Å². The van der Waals surface area contributed by atoms with Gasteiger partial charge in [0.05, 0.1) is 5.69 Å². The smallest absolute Gasteiger partial charge is 0.279 e. The Morgan fingerprint density at radius 3 is 2.80 bits per heavy atom. The molecule has 0 unspecified atom stereocenters. The number of nitrogens with one attached hydrogen (secondary N) is 1. The van der Waals surface area contributed by atoms with Crippen molar-refractivity contribution in [2.75, 3.05) is 5.32 Å². The average molecular weight is 338 g/mol. The van der Waals surface area contributed by atoms with Crippen LogP contribution in [0.1, 0.15) is 46.3 Å². The molecule has 1 aliphatic carbocycles. The number of anilines is 1. The van der Waals surface area contributed by atoms with E-state index in [4.69, 9.17) is 4.42 Å². The van der Waals surface area contributed by atoms with Crippen LogP contribution in [0.25, 0.3) is 11.1 Å². The molecule has 0 bridgehead atoms. The predicted octanol–water partition coefficient (Wildman–Crippen LogP) is 2.67. The van der Waals surface area contributed by atoms with E-state index in [-0.39, 0.29) is 5.56 Å². The maximum absolute atomic E-state index is 12.6. The molecule has 7 heteroatoms. The first-order valence-corrected chi connectivity index (χ1v) is 8.20. The Morgan fingerprint density at radius 2 is 2.08 bits per heavy atom. The van der Waals surface area contributed by atoms with Crippen molar-refractivity contribution in [1.82, 2.24) is 14.8 Å². The molecule has 1 amide bonds. The van der Waals surface area contributed by atoms with Crippen LogP contribution < -0.4 is 10.9 Å². The van der Waals surface area contributed by atoms with Crippen LogP contribution in [0.2, 0.25) is 0 Å². The molecule has 7 nitrogen and oxygen atoms in total. The zero-order chi connectivity index (χ0) is 17.7. The van der Waals surface area contributed by atoms with E-state index in [2.05, 4.69) is 15.4 Å². The molecule has 25 heavy (non-hydrogen) atoms. The van der Waals surface area contributed by atoms with E-state index >= 15 is 0 Å². The van der Waals surface area contributed by atoms with Gasteiger partial charge in [-0.3, -0.25) is 9.59 Å².